The largest absolute Gasteiger partial charge is 0.457 e. The number of hydrogen-bond donors (Lipinski definition) is 2. The maximum Gasteiger partial charge on any atom is 0.224 e. The number of aromatic nitrogens is 1. The van der Waals surface area contributed by atoms with Gasteiger partial charge in [-0.25, -0.2) is 0 Å². The summed E-state index contributed by atoms with van der Waals surface area (Å²) in [6, 6.07) is 19.3. The Hall–Kier alpha value is -3.67. The maximum atomic E-state index is 12.2. The fraction of sp³-hybridized carbons (Fsp3) is 0.208. The van der Waals surface area contributed by atoms with Gasteiger partial charge in [0.15, 0.2) is 0 Å². The van der Waals surface area contributed by atoms with Gasteiger partial charge in [-0.1, -0.05) is 29.8 Å². The first-order chi connectivity index (χ1) is 14.7. The monoisotopic (exact) mass is 400 g/mol. The Morgan fingerprint density at radius 3 is 2.73 bits per heavy atom. The molecule has 6 heteroatoms. The lowest BCUT2D eigenvalue weighted by Crippen LogP contribution is -2.20. The molecule has 0 fully saturated rings. The lowest BCUT2D eigenvalue weighted by atomic mass is 10.1. The predicted molar refractivity (Wildman–Crippen MR) is 118 cm³/mol. The van der Waals surface area contributed by atoms with Crippen molar-refractivity contribution in [2.45, 2.75) is 19.8 Å². The molecule has 4 rings (SSSR count). The Morgan fingerprint density at radius 2 is 1.93 bits per heavy atom. The number of amides is 1. The van der Waals surface area contributed by atoms with Crippen LogP contribution in [0.2, 0.25) is 0 Å². The smallest absolute Gasteiger partial charge is 0.224 e. The number of ether oxygens (including phenoxy) is 1. The van der Waals surface area contributed by atoms with Crippen molar-refractivity contribution >= 4 is 17.4 Å². The number of carbonyl (C=O) groups excluding carboxylic acids is 1. The summed E-state index contributed by atoms with van der Waals surface area (Å²) in [5.74, 6) is 2.22. The molecule has 0 atom stereocenters. The molecule has 30 heavy (non-hydrogen) atoms. The summed E-state index contributed by atoms with van der Waals surface area (Å²) in [4.78, 5) is 21.0. The van der Waals surface area contributed by atoms with Gasteiger partial charge in [0.2, 0.25) is 5.91 Å². The zero-order valence-electron chi connectivity index (χ0n) is 16.9. The fourth-order valence-electron chi connectivity index (χ4n) is 3.19. The molecule has 6 nitrogen and oxygen atoms in total. The first-order valence-electron chi connectivity index (χ1n) is 10.0. The molecule has 2 heterocycles. The molecule has 0 saturated carbocycles. The molecule has 2 N–H and O–H groups in total. The van der Waals surface area contributed by atoms with Gasteiger partial charge in [0.25, 0.3) is 0 Å². The van der Waals surface area contributed by atoms with Gasteiger partial charge < -0.3 is 15.4 Å². The van der Waals surface area contributed by atoms with Crippen LogP contribution in [0.1, 0.15) is 23.2 Å². The molecule has 0 saturated heterocycles. The molecular weight excluding hydrogens is 376 g/mol. The molecule has 2 aromatic carbocycles. The molecule has 0 aliphatic carbocycles. The number of pyridine rings is 1. The van der Waals surface area contributed by atoms with E-state index in [1.54, 1.807) is 6.20 Å². The summed E-state index contributed by atoms with van der Waals surface area (Å²) in [6.07, 6.45) is 2.76. The third-order valence-corrected chi connectivity index (χ3v) is 4.76. The number of benzene rings is 2. The second-order valence-electron chi connectivity index (χ2n) is 7.20. The highest BCUT2D eigenvalue weighted by molar-refractivity contribution is 5.98. The molecule has 3 aromatic rings. The van der Waals surface area contributed by atoms with Crippen molar-refractivity contribution in [3.63, 3.8) is 0 Å². The Balaban J connectivity index is 1.35. The van der Waals surface area contributed by atoms with Gasteiger partial charge in [0.1, 0.15) is 23.0 Å². The Morgan fingerprint density at radius 1 is 1.10 bits per heavy atom. The van der Waals surface area contributed by atoms with Gasteiger partial charge in [-0.2, -0.15) is 0 Å². The highest BCUT2D eigenvalue weighted by Crippen LogP contribution is 2.23. The van der Waals surface area contributed by atoms with E-state index >= 15 is 0 Å². The molecule has 0 bridgehead atoms. The topological polar surface area (TPSA) is 75.6 Å². The minimum absolute atomic E-state index is 0.00575. The number of anilines is 1. The van der Waals surface area contributed by atoms with Crippen LogP contribution >= 0.6 is 0 Å². The molecule has 1 amide bonds. The standard InChI is InChI=1S/C24H24N4O2/c1-17-5-8-19(9-6-17)28-23(29)10-7-18-3-2-4-20(15-18)30-21-11-12-25-22(16-21)24-26-13-14-27-24/h2-6,8-9,11-12,15-16H,7,10,13-14H2,1H3,(H,26,27)(H,28,29). The van der Waals surface area contributed by atoms with Crippen molar-refractivity contribution in [2.75, 3.05) is 18.4 Å². The minimum Gasteiger partial charge on any atom is -0.457 e. The number of carbonyl (C=O) groups is 1. The van der Waals surface area contributed by atoms with Crippen LogP contribution < -0.4 is 15.4 Å². The number of aryl methyl sites for hydroxylation is 2. The highest BCUT2D eigenvalue weighted by Gasteiger charge is 2.11. The van der Waals surface area contributed by atoms with Gasteiger partial charge in [-0.05, 0) is 49.2 Å². The van der Waals surface area contributed by atoms with Gasteiger partial charge >= 0.3 is 0 Å². The zero-order chi connectivity index (χ0) is 20.8. The average molecular weight is 400 g/mol. The Labute approximate surface area is 176 Å². The summed E-state index contributed by atoms with van der Waals surface area (Å²) in [6.45, 7) is 3.62. The summed E-state index contributed by atoms with van der Waals surface area (Å²) in [5, 5.41) is 6.15. The lowest BCUT2D eigenvalue weighted by Gasteiger charge is -2.09. The quantitative estimate of drug-likeness (QED) is 0.626. The predicted octanol–water partition coefficient (Wildman–Crippen LogP) is 4.10. The Bertz CT molecular complexity index is 1060. The molecule has 0 spiro atoms. The van der Waals surface area contributed by atoms with Crippen LogP contribution in [0.25, 0.3) is 0 Å². The molecule has 1 aromatic heterocycles. The first kappa shape index (κ1) is 19.6. The maximum absolute atomic E-state index is 12.2. The van der Waals surface area contributed by atoms with Crippen molar-refractivity contribution in [1.29, 1.82) is 0 Å². The summed E-state index contributed by atoms with van der Waals surface area (Å²) < 4.78 is 6.01. The van der Waals surface area contributed by atoms with Crippen LogP contribution in [0.3, 0.4) is 0 Å². The van der Waals surface area contributed by atoms with Crippen LogP contribution in [0.4, 0.5) is 5.69 Å². The van der Waals surface area contributed by atoms with Crippen LogP contribution in [-0.4, -0.2) is 29.8 Å². The zero-order valence-corrected chi connectivity index (χ0v) is 16.9. The molecule has 0 unspecified atom stereocenters. The van der Waals surface area contributed by atoms with Crippen molar-refractivity contribution in [3.05, 3.63) is 83.7 Å². The summed E-state index contributed by atoms with van der Waals surface area (Å²) in [5.41, 5.74) is 3.80. The third kappa shape index (κ3) is 5.23. The second-order valence-corrected chi connectivity index (χ2v) is 7.20. The van der Waals surface area contributed by atoms with E-state index in [2.05, 4.69) is 20.6 Å². The van der Waals surface area contributed by atoms with Gasteiger partial charge in [-0.3, -0.25) is 14.8 Å². The number of amidine groups is 1. The van der Waals surface area contributed by atoms with Crippen molar-refractivity contribution in [3.8, 4) is 11.5 Å². The van der Waals surface area contributed by atoms with Crippen molar-refractivity contribution < 1.29 is 9.53 Å². The highest BCUT2D eigenvalue weighted by atomic mass is 16.5. The van der Waals surface area contributed by atoms with E-state index < -0.39 is 0 Å². The lowest BCUT2D eigenvalue weighted by molar-refractivity contribution is -0.116. The normalized spacial score (nSPS) is 12.8. The van der Waals surface area contributed by atoms with Crippen LogP contribution in [-0.2, 0) is 11.2 Å². The van der Waals surface area contributed by atoms with E-state index in [1.165, 1.54) is 5.56 Å². The molecule has 1 aliphatic heterocycles. The van der Waals surface area contributed by atoms with Gasteiger partial charge in [0, 0.05) is 30.9 Å². The molecule has 1 aliphatic rings. The van der Waals surface area contributed by atoms with Crippen LogP contribution in [0.5, 0.6) is 11.5 Å². The number of aliphatic imine (C=N–C) groups is 1. The summed E-state index contributed by atoms with van der Waals surface area (Å²) >= 11 is 0. The van der Waals surface area contributed by atoms with Gasteiger partial charge in [0.05, 0.1) is 6.54 Å². The SMILES string of the molecule is Cc1ccc(NC(=O)CCc2cccc(Oc3ccnc(C4=NCCN4)c3)c2)cc1. The number of hydrogen-bond acceptors (Lipinski definition) is 5. The first-order valence-corrected chi connectivity index (χ1v) is 10.0. The Kier molecular flexibility index (Phi) is 6.03. The van der Waals surface area contributed by atoms with E-state index in [9.17, 15) is 4.79 Å². The van der Waals surface area contributed by atoms with E-state index in [0.717, 1.165) is 41.6 Å². The van der Waals surface area contributed by atoms with Crippen LogP contribution in [0, 0.1) is 6.92 Å². The average Bonchev–Trinajstić information content (AvgIpc) is 3.30. The summed E-state index contributed by atoms with van der Waals surface area (Å²) in [7, 11) is 0. The van der Waals surface area contributed by atoms with Crippen molar-refractivity contribution in [2.24, 2.45) is 4.99 Å². The second kappa shape index (κ2) is 9.22. The van der Waals surface area contributed by atoms with E-state index in [1.807, 2.05) is 67.6 Å². The number of rotatable bonds is 7. The van der Waals surface area contributed by atoms with Gasteiger partial charge in [-0.15, -0.1) is 0 Å². The number of nitrogens with zero attached hydrogens (tertiary/aromatic N) is 2. The van der Waals surface area contributed by atoms with E-state index in [4.69, 9.17) is 4.74 Å². The molecule has 0 radical (unpaired) electrons. The third-order valence-electron chi connectivity index (χ3n) is 4.76. The van der Waals surface area contributed by atoms with E-state index in [0.29, 0.717) is 18.6 Å². The fourth-order valence-corrected chi connectivity index (χ4v) is 3.19. The van der Waals surface area contributed by atoms with E-state index in [-0.39, 0.29) is 5.91 Å². The van der Waals surface area contributed by atoms with Crippen LogP contribution in [0.15, 0.2) is 71.9 Å². The molecule has 152 valence electrons. The molecular formula is C24H24N4O2. The number of nitrogens with one attached hydrogen (secondary N) is 2. The van der Waals surface area contributed by atoms with Crippen molar-refractivity contribution in [1.82, 2.24) is 10.3 Å². The minimum atomic E-state index is -0.00575.